The SMILES string of the molecule is Cc1cc(CCC(NC(=O)OCc2ccccc2)C(=O)O)on1. The molecule has 0 radical (unpaired) electrons. The summed E-state index contributed by atoms with van der Waals surface area (Å²) in [5, 5.41) is 15.2. The number of hydrogen-bond donors (Lipinski definition) is 2. The summed E-state index contributed by atoms with van der Waals surface area (Å²) in [6.07, 6.45) is -0.226. The maximum atomic E-state index is 11.7. The quantitative estimate of drug-likeness (QED) is 0.812. The van der Waals surface area contributed by atoms with Gasteiger partial charge in [0.05, 0.1) is 5.69 Å². The largest absolute Gasteiger partial charge is 0.480 e. The van der Waals surface area contributed by atoms with Gasteiger partial charge in [0.25, 0.3) is 0 Å². The zero-order chi connectivity index (χ0) is 16.7. The summed E-state index contributed by atoms with van der Waals surface area (Å²) in [6.45, 7) is 1.86. The van der Waals surface area contributed by atoms with E-state index in [0.717, 1.165) is 11.3 Å². The van der Waals surface area contributed by atoms with Gasteiger partial charge in [-0.15, -0.1) is 0 Å². The highest BCUT2D eigenvalue weighted by Gasteiger charge is 2.21. The summed E-state index contributed by atoms with van der Waals surface area (Å²) in [5.74, 6) is -0.550. The first kappa shape index (κ1) is 16.5. The van der Waals surface area contributed by atoms with Gasteiger partial charge in [0.15, 0.2) is 0 Å². The molecule has 0 fully saturated rings. The Hall–Kier alpha value is -2.83. The number of carboxylic acid groups (broad SMARTS) is 1. The second-order valence-corrected chi connectivity index (χ2v) is 5.07. The Kier molecular flexibility index (Phi) is 5.74. The number of amides is 1. The van der Waals surface area contributed by atoms with E-state index in [9.17, 15) is 14.7 Å². The van der Waals surface area contributed by atoms with Crippen LogP contribution < -0.4 is 5.32 Å². The van der Waals surface area contributed by atoms with Crippen LogP contribution in [-0.4, -0.2) is 28.4 Å². The lowest BCUT2D eigenvalue weighted by molar-refractivity contribution is -0.139. The third kappa shape index (κ3) is 5.46. The van der Waals surface area contributed by atoms with Crippen molar-refractivity contribution in [1.82, 2.24) is 10.5 Å². The molecule has 7 heteroatoms. The van der Waals surface area contributed by atoms with E-state index in [0.29, 0.717) is 12.2 Å². The first-order valence-electron chi connectivity index (χ1n) is 7.17. The average Bonchev–Trinajstić information content (AvgIpc) is 2.95. The number of nitrogens with zero attached hydrogens (tertiary/aromatic N) is 1. The Morgan fingerprint density at radius 2 is 2.09 bits per heavy atom. The van der Waals surface area contributed by atoms with Crippen LogP contribution in [-0.2, 0) is 22.6 Å². The summed E-state index contributed by atoms with van der Waals surface area (Å²) < 4.78 is 10.0. The van der Waals surface area contributed by atoms with Gasteiger partial charge in [0, 0.05) is 12.5 Å². The van der Waals surface area contributed by atoms with Crippen LogP contribution in [0.4, 0.5) is 4.79 Å². The number of aryl methyl sites for hydroxylation is 2. The Balaban J connectivity index is 1.81. The number of rotatable bonds is 7. The molecule has 1 aromatic carbocycles. The minimum Gasteiger partial charge on any atom is -0.480 e. The van der Waals surface area contributed by atoms with Gasteiger partial charge in [-0.2, -0.15) is 0 Å². The van der Waals surface area contributed by atoms with Crippen molar-refractivity contribution >= 4 is 12.1 Å². The van der Waals surface area contributed by atoms with E-state index in [2.05, 4.69) is 10.5 Å². The number of ether oxygens (including phenoxy) is 1. The zero-order valence-corrected chi connectivity index (χ0v) is 12.7. The topological polar surface area (TPSA) is 102 Å². The highest BCUT2D eigenvalue weighted by atomic mass is 16.5. The summed E-state index contributed by atoms with van der Waals surface area (Å²) in [4.78, 5) is 22.9. The maximum Gasteiger partial charge on any atom is 0.408 e. The number of carbonyl (C=O) groups excluding carboxylic acids is 1. The molecule has 1 unspecified atom stereocenters. The third-order valence-electron chi connectivity index (χ3n) is 3.16. The van der Waals surface area contributed by atoms with E-state index >= 15 is 0 Å². The lowest BCUT2D eigenvalue weighted by Gasteiger charge is -2.13. The monoisotopic (exact) mass is 318 g/mol. The number of aliphatic carboxylic acids is 1. The number of aromatic nitrogens is 1. The molecule has 0 bridgehead atoms. The molecule has 0 spiro atoms. The van der Waals surface area contributed by atoms with Crippen LogP contribution in [0.3, 0.4) is 0 Å². The van der Waals surface area contributed by atoms with Crippen LogP contribution in [0.5, 0.6) is 0 Å². The van der Waals surface area contributed by atoms with Crippen LogP contribution in [0.2, 0.25) is 0 Å². The van der Waals surface area contributed by atoms with Gasteiger partial charge >= 0.3 is 12.1 Å². The highest BCUT2D eigenvalue weighted by Crippen LogP contribution is 2.08. The molecule has 2 rings (SSSR count). The molecule has 0 aliphatic rings. The fourth-order valence-corrected chi connectivity index (χ4v) is 1.99. The molecule has 1 atom stereocenters. The summed E-state index contributed by atoms with van der Waals surface area (Å²) in [7, 11) is 0. The van der Waals surface area contributed by atoms with E-state index in [1.807, 2.05) is 30.3 Å². The Morgan fingerprint density at radius 3 is 2.70 bits per heavy atom. The number of carboxylic acids is 1. The summed E-state index contributed by atoms with van der Waals surface area (Å²) in [5.41, 5.74) is 1.55. The molecule has 2 aromatic rings. The van der Waals surface area contributed by atoms with Crippen molar-refractivity contribution in [2.45, 2.75) is 32.4 Å². The van der Waals surface area contributed by atoms with Crippen molar-refractivity contribution in [3.63, 3.8) is 0 Å². The lowest BCUT2D eigenvalue weighted by Crippen LogP contribution is -2.41. The fraction of sp³-hybridized carbons (Fsp3) is 0.312. The van der Waals surface area contributed by atoms with Gasteiger partial charge in [-0.25, -0.2) is 9.59 Å². The minimum atomic E-state index is -1.13. The molecule has 7 nitrogen and oxygen atoms in total. The number of hydrogen-bond acceptors (Lipinski definition) is 5. The summed E-state index contributed by atoms with van der Waals surface area (Å²) >= 11 is 0. The standard InChI is InChI=1S/C16H18N2O5/c1-11-9-13(23-18-11)7-8-14(15(19)20)17-16(21)22-10-12-5-3-2-4-6-12/h2-6,9,14H,7-8,10H2,1H3,(H,17,21)(H,19,20). The molecule has 2 N–H and O–H groups in total. The molecule has 0 aliphatic heterocycles. The van der Waals surface area contributed by atoms with Crippen LogP contribution in [0, 0.1) is 6.92 Å². The second-order valence-electron chi connectivity index (χ2n) is 5.07. The molecular weight excluding hydrogens is 300 g/mol. The van der Waals surface area contributed by atoms with Crippen LogP contribution in [0.15, 0.2) is 40.9 Å². The molecule has 122 valence electrons. The Labute approximate surface area is 133 Å². The average molecular weight is 318 g/mol. The fourth-order valence-electron chi connectivity index (χ4n) is 1.99. The van der Waals surface area contributed by atoms with E-state index in [1.165, 1.54) is 0 Å². The number of alkyl carbamates (subject to hydrolysis) is 1. The third-order valence-corrected chi connectivity index (χ3v) is 3.16. The lowest BCUT2D eigenvalue weighted by atomic mass is 10.1. The van der Waals surface area contributed by atoms with Crippen LogP contribution >= 0.6 is 0 Å². The van der Waals surface area contributed by atoms with Gasteiger partial charge in [-0.05, 0) is 18.9 Å². The van der Waals surface area contributed by atoms with Gasteiger partial charge in [0.1, 0.15) is 18.4 Å². The van der Waals surface area contributed by atoms with Crippen molar-refractivity contribution in [2.75, 3.05) is 0 Å². The molecule has 1 aromatic heterocycles. The molecule has 0 saturated heterocycles. The second kappa shape index (κ2) is 7.98. The molecule has 0 saturated carbocycles. The molecule has 1 amide bonds. The first-order chi connectivity index (χ1) is 11.0. The van der Waals surface area contributed by atoms with Crippen LogP contribution in [0.25, 0.3) is 0 Å². The number of carbonyl (C=O) groups is 2. The van der Waals surface area contributed by atoms with Crippen molar-refractivity contribution < 1.29 is 24.0 Å². The zero-order valence-electron chi connectivity index (χ0n) is 12.7. The smallest absolute Gasteiger partial charge is 0.408 e. The predicted molar refractivity (Wildman–Crippen MR) is 80.7 cm³/mol. The molecule has 23 heavy (non-hydrogen) atoms. The van der Waals surface area contributed by atoms with Gasteiger partial charge in [-0.3, -0.25) is 0 Å². The Bertz CT molecular complexity index is 654. The van der Waals surface area contributed by atoms with Gasteiger partial charge in [0.2, 0.25) is 0 Å². The molecule has 0 aliphatic carbocycles. The van der Waals surface area contributed by atoms with E-state index < -0.39 is 18.1 Å². The predicted octanol–water partition coefficient (Wildman–Crippen LogP) is 2.30. The van der Waals surface area contributed by atoms with Crippen molar-refractivity contribution in [3.05, 3.63) is 53.4 Å². The van der Waals surface area contributed by atoms with Crippen LogP contribution in [0.1, 0.15) is 23.4 Å². The van der Waals surface area contributed by atoms with Gasteiger partial charge < -0.3 is 19.7 Å². The van der Waals surface area contributed by atoms with E-state index in [4.69, 9.17) is 9.26 Å². The number of benzene rings is 1. The number of nitrogens with one attached hydrogen (secondary N) is 1. The first-order valence-corrected chi connectivity index (χ1v) is 7.17. The van der Waals surface area contributed by atoms with Gasteiger partial charge in [-0.1, -0.05) is 35.5 Å². The normalized spacial score (nSPS) is 11.7. The highest BCUT2D eigenvalue weighted by molar-refractivity contribution is 5.79. The maximum absolute atomic E-state index is 11.7. The molecular formula is C16H18N2O5. The van der Waals surface area contributed by atoms with Crippen molar-refractivity contribution in [1.29, 1.82) is 0 Å². The van der Waals surface area contributed by atoms with Crippen molar-refractivity contribution in [3.8, 4) is 0 Å². The molecule has 1 heterocycles. The Morgan fingerprint density at radius 1 is 1.35 bits per heavy atom. The summed E-state index contributed by atoms with van der Waals surface area (Å²) in [6, 6.07) is 9.82. The van der Waals surface area contributed by atoms with E-state index in [1.54, 1.807) is 13.0 Å². The van der Waals surface area contributed by atoms with Crippen molar-refractivity contribution in [2.24, 2.45) is 0 Å². The van der Waals surface area contributed by atoms with E-state index in [-0.39, 0.29) is 13.0 Å². The minimum absolute atomic E-state index is 0.0836.